The number of Topliss-reactive ketones (excluding diaryl/α,β-unsaturated/α-hetero) is 2. The van der Waals surface area contributed by atoms with E-state index in [9.17, 15) is 19.2 Å². The molecule has 3 aromatic carbocycles. The topological polar surface area (TPSA) is 104 Å². The van der Waals surface area contributed by atoms with Gasteiger partial charge in [0, 0.05) is 51.3 Å². The molecule has 42 heavy (non-hydrogen) atoms. The van der Waals surface area contributed by atoms with Crippen molar-refractivity contribution in [2.24, 2.45) is 10.6 Å². The largest absolute Gasteiger partial charge is 0.469 e. The number of aryl methyl sites for hydroxylation is 2. The lowest BCUT2D eigenvalue weighted by Crippen LogP contribution is -2.20. The lowest BCUT2D eigenvalue weighted by atomic mass is 9.86. The van der Waals surface area contributed by atoms with Gasteiger partial charge in [-0.25, -0.2) is 4.79 Å². The molecule has 4 rings (SSSR count). The average Bonchev–Trinajstić information content (AvgIpc) is 3.31. The first-order chi connectivity index (χ1) is 20.0. The summed E-state index contributed by atoms with van der Waals surface area (Å²) in [7, 11) is 1.26. The van der Waals surface area contributed by atoms with Crippen LogP contribution < -0.4 is 0 Å². The molecule has 0 radical (unpaired) electrons. The van der Waals surface area contributed by atoms with Crippen LogP contribution in [0.15, 0.2) is 71.9 Å². The van der Waals surface area contributed by atoms with Crippen LogP contribution in [-0.2, 0) is 32.1 Å². The van der Waals surface area contributed by atoms with E-state index in [0.29, 0.717) is 24.1 Å². The summed E-state index contributed by atoms with van der Waals surface area (Å²) in [5, 5.41) is 5.58. The molecule has 1 aromatic heterocycles. The third-order valence-corrected chi connectivity index (χ3v) is 7.16. The molecule has 1 heterocycles. The van der Waals surface area contributed by atoms with Gasteiger partial charge in [0.1, 0.15) is 5.71 Å². The second-order valence-electron chi connectivity index (χ2n) is 11.2. The van der Waals surface area contributed by atoms with Crippen molar-refractivity contribution in [2.75, 3.05) is 7.11 Å². The van der Waals surface area contributed by atoms with E-state index in [4.69, 9.17) is 9.57 Å². The second kappa shape index (κ2) is 12.9. The highest BCUT2D eigenvalue weighted by molar-refractivity contribution is 6.46. The molecule has 0 aliphatic rings. The Bertz CT molecular complexity index is 1680. The number of aromatic nitrogens is 1. The van der Waals surface area contributed by atoms with Gasteiger partial charge in [-0.15, -0.1) is 0 Å². The highest BCUT2D eigenvalue weighted by atomic mass is 16.7. The highest BCUT2D eigenvalue weighted by Gasteiger charge is 2.24. The molecule has 0 aliphatic carbocycles. The zero-order chi connectivity index (χ0) is 30.4. The Hall–Kier alpha value is -4.59. The number of hydrogen-bond donors (Lipinski definition) is 0. The lowest BCUT2D eigenvalue weighted by Gasteiger charge is -2.16. The van der Waals surface area contributed by atoms with E-state index in [0.717, 1.165) is 27.4 Å². The maximum absolute atomic E-state index is 13.7. The number of oxime groups is 1. The van der Waals surface area contributed by atoms with Gasteiger partial charge in [-0.3, -0.25) is 14.4 Å². The number of carbonyl (C=O) groups excluding carboxylic acids is 4. The summed E-state index contributed by atoms with van der Waals surface area (Å²) >= 11 is 0. The number of benzene rings is 3. The molecule has 218 valence electrons. The Labute approximate surface area is 245 Å². The van der Waals surface area contributed by atoms with Gasteiger partial charge in [0.05, 0.1) is 20.0 Å². The third-order valence-electron chi connectivity index (χ3n) is 7.16. The summed E-state index contributed by atoms with van der Waals surface area (Å²) in [6.07, 6.45) is 0.400. The molecule has 0 bridgehead atoms. The van der Waals surface area contributed by atoms with Crippen LogP contribution in [0.3, 0.4) is 0 Å². The number of ketones is 2. The number of hydrogen-bond acceptors (Lipinski definition) is 7. The molecule has 0 N–H and O–H groups in total. The fourth-order valence-corrected chi connectivity index (χ4v) is 4.89. The van der Waals surface area contributed by atoms with E-state index in [1.807, 2.05) is 82.3 Å². The van der Waals surface area contributed by atoms with Crippen LogP contribution in [0.1, 0.15) is 73.2 Å². The van der Waals surface area contributed by atoms with Crippen molar-refractivity contribution in [1.29, 1.82) is 0 Å². The van der Waals surface area contributed by atoms with Crippen molar-refractivity contribution in [1.82, 2.24) is 4.57 Å². The number of fused-ring (bicyclic) bond motifs is 3. The zero-order valence-electron chi connectivity index (χ0n) is 24.7. The third kappa shape index (κ3) is 6.82. The molecule has 0 spiro atoms. The van der Waals surface area contributed by atoms with Gasteiger partial charge in [0.25, 0.3) is 0 Å². The predicted octanol–water partition coefficient (Wildman–Crippen LogP) is 6.71. The van der Waals surface area contributed by atoms with Gasteiger partial charge in [-0.05, 0) is 55.3 Å². The van der Waals surface area contributed by atoms with Gasteiger partial charge in [-0.2, -0.15) is 0 Å². The van der Waals surface area contributed by atoms with Crippen LogP contribution in [0.2, 0.25) is 0 Å². The number of esters is 1. The van der Waals surface area contributed by atoms with E-state index >= 15 is 0 Å². The summed E-state index contributed by atoms with van der Waals surface area (Å²) in [5.74, 6) is -1.53. The molecule has 0 saturated carbocycles. The van der Waals surface area contributed by atoms with E-state index in [1.54, 1.807) is 12.1 Å². The van der Waals surface area contributed by atoms with Crippen LogP contribution >= 0.6 is 0 Å². The standard InChI is InChI=1S/C34H36N2O6/c1-6-36-28-16-13-23(20-25(28)26-21-24(14-17-29(26)36)33(40)34(2,3)4)32(39)27(15-19-30(37)41-5)35-42-31(38)18-12-22-10-8-7-9-11-22/h7-11,13-14,16-17,20-21H,6,12,15,18-19H2,1-5H3. The zero-order valence-corrected chi connectivity index (χ0v) is 24.7. The normalized spacial score (nSPS) is 12.0. The molecule has 0 atom stereocenters. The van der Waals surface area contributed by atoms with Crippen LogP contribution in [0.25, 0.3) is 21.8 Å². The van der Waals surface area contributed by atoms with Gasteiger partial charge < -0.3 is 14.1 Å². The molecule has 0 amide bonds. The molecular formula is C34H36N2O6. The van der Waals surface area contributed by atoms with E-state index in [-0.39, 0.29) is 30.8 Å². The quantitative estimate of drug-likeness (QED) is 0.0655. The first-order valence-electron chi connectivity index (χ1n) is 14.1. The Morgan fingerprint density at radius 2 is 1.40 bits per heavy atom. The summed E-state index contributed by atoms with van der Waals surface area (Å²) in [6, 6.07) is 20.5. The maximum atomic E-state index is 13.7. The molecule has 0 aliphatic heterocycles. The van der Waals surface area contributed by atoms with Gasteiger partial charge >= 0.3 is 11.9 Å². The molecule has 0 saturated heterocycles. The average molecular weight is 569 g/mol. The first kappa shape index (κ1) is 30.4. The minimum atomic E-state index is -0.584. The van der Waals surface area contributed by atoms with Crippen molar-refractivity contribution >= 4 is 51.0 Å². The molecule has 0 fully saturated rings. The number of methoxy groups -OCH3 is 1. The SMILES string of the molecule is CCn1c2ccc(C(=O)C(CCC(=O)OC)=NOC(=O)CCc3ccccc3)cc2c2cc(C(=O)C(C)(C)C)ccc21. The minimum Gasteiger partial charge on any atom is -0.469 e. The second-order valence-corrected chi connectivity index (χ2v) is 11.2. The van der Waals surface area contributed by atoms with Gasteiger partial charge in [0.2, 0.25) is 5.78 Å². The predicted molar refractivity (Wildman–Crippen MR) is 163 cm³/mol. The fourth-order valence-electron chi connectivity index (χ4n) is 4.89. The number of nitrogens with zero attached hydrogens (tertiary/aromatic N) is 2. The Balaban J connectivity index is 1.67. The van der Waals surface area contributed by atoms with E-state index < -0.39 is 23.1 Å². The first-order valence-corrected chi connectivity index (χ1v) is 14.1. The number of rotatable bonds is 11. The lowest BCUT2D eigenvalue weighted by molar-refractivity contribution is -0.143. The molecule has 4 aromatic rings. The molecule has 8 heteroatoms. The molecule has 8 nitrogen and oxygen atoms in total. The van der Waals surface area contributed by atoms with Gasteiger partial charge in [-0.1, -0.05) is 56.3 Å². The summed E-state index contributed by atoms with van der Waals surface area (Å²) < 4.78 is 6.86. The Morgan fingerprint density at radius 1 is 0.786 bits per heavy atom. The molecular weight excluding hydrogens is 532 g/mol. The van der Waals surface area contributed by atoms with Crippen molar-refractivity contribution < 1.29 is 28.8 Å². The summed E-state index contributed by atoms with van der Waals surface area (Å²) in [5.41, 5.74) is 3.18. The van der Waals surface area contributed by atoms with Crippen molar-refractivity contribution in [3.8, 4) is 0 Å². The number of ether oxygens (including phenoxy) is 1. The van der Waals surface area contributed by atoms with Crippen molar-refractivity contribution in [3.63, 3.8) is 0 Å². The van der Waals surface area contributed by atoms with Crippen LogP contribution in [-0.4, -0.2) is 40.9 Å². The minimum absolute atomic E-state index is 0.0281. The Kier molecular flexibility index (Phi) is 9.35. The van der Waals surface area contributed by atoms with E-state index in [1.165, 1.54) is 7.11 Å². The van der Waals surface area contributed by atoms with E-state index in [2.05, 4.69) is 9.72 Å². The van der Waals surface area contributed by atoms with Crippen molar-refractivity contribution in [3.05, 3.63) is 83.4 Å². The maximum Gasteiger partial charge on any atom is 0.335 e. The highest BCUT2D eigenvalue weighted by Crippen LogP contribution is 2.32. The smallest absolute Gasteiger partial charge is 0.335 e. The van der Waals surface area contributed by atoms with Crippen LogP contribution in [0, 0.1) is 5.41 Å². The Morgan fingerprint density at radius 3 is 2.00 bits per heavy atom. The monoisotopic (exact) mass is 568 g/mol. The van der Waals surface area contributed by atoms with Crippen molar-refractivity contribution in [2.45, 2.75) is 59.9 Å². The molecule has 0 unspecified atom stereocenters. The summed E-state index contributed by atoms with van der Waals surface area (Å²) in [4.78, 5) is 56.1. The number of carbonyl (C=O) groups is 4. The fraction of sp³-hybridized carbons (Fsp3) is 0.324. The van der Waals surface area contributed by atoms with Crippen LogP contribution in [0.4, 0.5) is 0 Å². The van der Waals surface area contributed by atoms with Crippen LogP contribution in [0.5, 0.6) is 0 Å². The van der Waals surface area contributed by atoms with Gasteiger partial charge in [0.15, 0.2) is 5.78 Å². The summed E-state index contributed by atoms with van der Waals surface area (Å²) in [6.45, 7) is 8.39.